The van der Waals surface area contributed by atoms with Crippen LogP contribution in [0.1, 0.15) is 56.9 Å². The van der Waals surface area contributed by atoms with Gasteiger partial charge in [-0.1, -0.05) is 0 Å². The van der Waals surface area contributed by atoms with Crippen molar-refractivity contribution >= 4 is 34.2 Å². The molecule has 0 unspecified atom stereocenters. The van der Waals surface area contributed by atoms with Crippen LogP contribution in [0, 0.1) is 3.57 Å². The highest BCUT2D eigenvalue weighted by atomic mass is 127. The zero-order valence-electron chi connectivity index (χ0n) is 16.2. The van der Waals surface area contributed by atoms with Crippen molar-refractivity contribution in [3.63, 3.8) is 0 Å². The van der Waals surface area contributed by atoms with Gasteiger partial charge in [0.1, 0.15) is 0 Å². The summed E-state index contributed by atoms with van der Waals surface area (Å²) in [7, 11) is 1.52. The first-order valence-electron chi connectivity index (χ1n) is 9.84. The maximum Gasteiger partial charge on any atom is 0.171 e. The zero-order chi connectivity index (χ0) is 20.0. The number of hydrogen-bond donors (Lipinski definition) is 1. The predicted octanol–water partition coefficient (Wildman–Crippen LogP) is 4.44. The number of ether oxygens (including phenoxy) is 1. The van der Waals surface area contributed by atoms with E-state index in [4.69, 9.17) is 4.74 Å². The number of carbonyl (C=O) groups excluding carboxylic acids is 2. The van der Waals surface area contributed by atoms with Crippen molar-refractivity contribution in [2.75, 3.05) is 13.7 Å². The normalized spacial score (nSPS) is 20.5. The lowest BCUT2D eigenvalue weighted by atomic mass is 9.71. The molecule has 6 heteroatoms. The molecule has 0 radical (unpaired) electrons. The lowest BCUT2D eigenvalue weighted by Crippen LogP contribution is -2.39. The fraction of sp³-hybridized carbons (Fsp3) is 0.455. The van der Waals surface area contributed by atoms with Gasteiger partial charge in [0.2, 0.25) is 0 Å². The minimum atomic E-state index is -0.364. The number of ketones is 2. The Morgan fingerprint density at radius 3 is 2.14 bits per heavy atom. The molecule has 0 aromatic heterocycles. The van der Waals surface area contributed by atoms with E-state index in [2.05, 4.69) is 34.4 Å². The monoisotopic (exact) mass is 493 g/mol. The molecular weight excluding hydrogens is 469 g/mol. The quantitative estimate of drug-likeness (QED) is 0.631. The maximum absolute atomic E-state index is 13.1. The van der Waals surface area contributed by atoms with E-state index in [0.717, 1.165) is 60.3 Å². The molecule has 28 heavy (non-hydrogen) atoms. The van der Waals surface area contributed by atoms with Crippen molar-refractivity contribution in [1.29, 1.82) is 0 Å². The van der Waals surface area contributed by atoms with Gasteiger partial charge in [0.15, 0.2) is 23.1 Å². The smallest absolute Gasteiger partial charge is 0.171 e. The van der Waals surface area contributed by atoms with Crippen LogP contribution in [-0.4, -0.2) is 35.2 Å². The Morgan fingerprint density at radius 2 is 1.64 bits per heavy atom. The van der Waals surface area contributed by atoms with Gasteiger partial charge in [-0.3, -0.25) is 9.59 Å². The summed E-state index contributed by atoms with van der Waals surface area (Å²) >= 11 is 2.07. The fourth-order valence-corrected chi connectivity index (χ4v) is 5.47. The second kappa shape index (κ2) is 7.54. The molecule has 0 saturated carbocycles. The topological polar surface area (TPSA) is 66.8 Å². The van der Waals surface area contributed by atoms with Crippen LogP contribution in [0.25, 0.3) is 0 Å². The minimum Gasteiger partial charge on any atom is -0.504 e. The number of carbonyl (C=O) groups is 2. The number of benzene rings is 1. The highest BCUT2D eigenvalue weighted by Gasteiger charge is 2.43. The fourth-order valence-electron chi connectivity index (χ4n) is 4.85. The summed E-state index contributed by atoms with van der Waals surface area (Å²) in [5.74, 6) is 0.367. The highest BCUT2D eigenvalue weighted by Crippen LogP contribution is 2.50. The Bertz CT molecular complexity index is 887. The van der Waals surface area contributed by atoms with Crippen molar-refractivity contribution in [3.05, 3.63) is 43.8 Å². The van der Waals surface area contributed by atoms with Gasteiger partial charge in [0, 0.05) is 47.8 Å². The number of phenols is 1. The second-order valence-electron chi connectivity index (χ2n) is 7.51. The molecule has 1 aromatic rings. The number of rotatable bonds is 3. The highest BCUT2D eigenvalue weighted by molar-refractivity contribution is 14.1. The van der Waals surface area contributed by atoms with E-state index < -0.39 is 0 Å². The van der Waals surface area contributed by atoms with Gasteiger partial charge in [-0.05, 0) is 72.9 Å². The summed E-state index contributed by atoms with van der Waals surface area (Å²) in [5, 5.41) is 10.3. The molecule has 0 amide bonds. The average Bonchev–Trinajstić information content (AvgIpc) is 2.69. The third-order valence-electron chi connectivity index (χ3n) is 6.01. The third kappa shape index (κ3) is 2.96. The predicted molar refractivity (Wildman–Crippen MR) is 114 cm³/mol. The molecule has 148 valence electrons. The van der Waals surface area contributed by atoms with Crippen LogP contribution >= 0.6 is 22.6 Å². The summed E-state index contributed by atoms with van der Waals surface area (Å²) in [6.07, 6.45) is 4.49. The second-order valence-corrected chi connectivity index (χ2v) is 8.67. The van der Waals surface area contributed by atoms with E-state index in [1.54, 1.807) is 6.07 Å². The third-order valence-corrected chi connectivity index (χ3v) is 6.83. The van der Waals surface area contributed by atoms with Gasteiger partial charge < -0.3 is 14.7 Å². The molecule has 0 atom stereocenters. The minimum absolute atomic E-state index is 0.0891. The Morgan fingerprint density at radius 1 is 1.07 bits per heavy atom. The van der Waals surface area contributed by atoms with Crippen molar-refractivity contribution in [2.24, 2.45) is 0 Å². The van der Waals surface area contributed by atoms with Crippen molar-refractivity contribution < 1.29 is 19.4 Å². The average molecular weight is 493 g/mol. The number of nitrogens with zero attached hydrogens (tertiary/aromatic N) is 1. The van der Waals surface area contributed by atoms with Crippen LogP contribution < -0.4 is 4.74 Å². The molecule has 0 saturated heterocycles. The number of halogens is 1. The van der Waals surface area contributed by atoms with Crippen LogP contribution in [0.5, 0.6) is 11.5 Å². The molecule has 1 N–H and O–H groups in total. The largest absolute Gasteiger partial charge is 0.504 e. The summed E-state index contributed by atoms with van der Waals surface area (Å²) < 4.78 is 6.01. The summed E-state index contributed by atoms with van der Waals surface area (Å²) in [4.78, 5) is 28.3. The van der Waals surface area contributed by atoms with Gasteiger partial charge in [-0.2, -0.15) is 0 Å². The van der Waals surface area contributed by atoms with E-state index in [1.165, 1.54) is 7.11 Å². The molecule has 1 heterocycles. The van der Waals surface area contributed by atoms with E-state index in [0.29, 0.717) is 22.2 Å². The number of Topliss-reactive ketones (excluding diaryl/α,β-unsaturated/α-hetero) is 2. The Hall–Kier alpha value is -1.83. The van der Waals surface area contributed by atoms with Gasteiger partial charge in [0.25, 0.3) is 0 Å². The van der Waals surface area contributed by atoms with Crippen LogP contribution in [0.15, 0.2) is 34.7 Å². The molecular formula is C22H24INO4. The van der Waals surface area contributed by atoms with Crippen LogP contribution in [0.2, 0.25) is 0 Å². The molecule has 1 aromatic carbocycles. The standard InChI is InChI=1S/C22H24INO4/c1-3-24-14-6-4-8-16(25)20(14)19(21-15(24)7-5-9-17(21)26)12-10-13(23)22(27)18(11-12)28-2/h10-11,19,27H,3-9H2,1-2H3. The Balaban J connectivity index is 1.99. The summed E-state index contributed by atoms with van der Waals surface area (Å²) in [6, 6.07) is 3.66. The first-order chi connectivity index (χ1) is 13.5. The van der Waals surface area contributed by atoms with Gasteiger partial charge in [-0.25, -0.2) is 0 Å². The molecule has 0 bridgehead atoms. The van der Waals surface area contributed by atoms with E-state index in [-0.39, 0.29) is 23.2 Å². The maximum atomic E-state index is 13.1. The number of aromatic hydroxyl groups is 1. The first kappa shape index (κ1) is 19.5. The molecule has 0 fully saturated rings. The van der Waals surface area contributed by atoms with Crippen LogP contribution in [0.4, 0.5) is 0 Å². The molecule has 2 aliphatic carbocycles. The SMILES string of the molecule is CCN1C2=C(C(=O)CCC2)C(c2cc(I)c(O)c(OC)c2)C2=C1CCCC2=O. The van der Waals surface area contributed by atoms with Crippen molar-refractivity contribution in [1.82, 2.24) is 4.90 Å². The summed E-state index contributed by atoms with van der Waals surface area (Å²) in [6.45, 7) is 2.85. The molecule has 3 aliphatic rings. The Labute approximate surface area is 178 Å². The van der Waals surface area contributed by atoms with Gasteiger partial charge in [-0.15, -0.1) is 0 Å². The number of phenolic OH excluding ortho intramolecular Hbond substituents is 1. The lowest BCUT2D eigenvalue weighted by Gasteiger charge is -2.43. The van der Waals surface area contributed by atoms with E-state index >= 15 is 0 Å². The zero-order valence-corrected chi connectivity index (χ0v) is 18.3. The molecule has 0 spiro atoms. The molecule has 1 aliphatic heterocycles. The van der Waals surface area contributed by atoms with Gasteiger partial charge in [0.05, 0.1) is 10.7 Å². The number of hydrogen-bond acceptors (Lipinski definition) is 5. The number of allylic oxidation sites excluding steroid dienone is 4. The summed E-state index contributed by atoms with van der Waals surface area (Å²) in [5.41, 5.74) is 4.55. The van der Waals surface area contributed by atoms with Crippen LogP contribution in [-0.2, 0) is 9.59 Å². The molecule has 4 rings (SSSR count). The first-order valence-corrected chi connectivity index (χ1v) is 10.9. The van der Waals surface area contributed by atoms with E-state index in [9.17, 15) is 14.7 Å². The Kier molecular flexibility index (Phi) is 5.24. The van der Waals surface area contributed by atoms with Crippen molar-refractivity contribution in [3.8, 4) is 11.5 Å². The van der Waals surface area contributed by atoms with Crippen molar-refractivity contribution in [2.45, 2.75) is 51.4 Å². The number of methoxy groups -OCH3 is 1. The van der Waals surface area contributed by atoms with E-state index in [1.807, 2.05) is 6.07 Å². The lowest BCUT2D eigenvalue weighted by molar-refractivity contribution is -0.117. The van der Waals surface area contributed by atoms with Crippen LogP contribution in [0.3, 0.4) is 0 Å². The van der Waals surface area contributed by atoms with Gasteiger partial charge >= 0.3 is 0 Å². The molecule has 5 nitrogen and oxygen atoms in total.